The maximum Gasteiger partial charge on any atom is 0.274 e. The van der Waals surface area contributed by atoms with Crippen LogP contribution in [0.3, 0.4) is 0 Å². The molecule has 1 unspecified atom stereocenters. The Hall–Kier alpha value is -1.92. The summed E-state index contributed by atoms with van der Waals surface area (Å²) in [6.07, 6.45) is 4.30. The molecule has 0 radical (unpaired) electrons. The van der Waals surface area contributed by atoms with E-state index >= 15 is 0 Å². The van der Waals surface area contributed by atoms with E-state index in [2.05, 4.69) is 20.9 Å². The highest BCUT2D eigenvalue weighted by molar-refractivity contribution is 6.30. The minimum absolute atomic E-state index is 0.00296. The van der Waals surface area contributed by atoms with Crippen molar-refractivity contribution in [1.82, 2.24) is 25.6 Å². The lowest BCUT2D eigenvalue weighted by atomic mass is 10.0. The van der Waals surface area contributed by atoms with E-state index in [-0.39, 0.29) is 11.9 Å². The molecule has 1 aromatic heterocycles. The molecule has 1 aromatic carbocycles. The van der Waals surface area contributed by atoms with Gasteiger partial charge in [-0.1, -0.05) is 28.9 Å². The Labute approximate surface area is 158 Å². The summed E-state index contributed by atoms with van der Waals surface area (Å²) in [5, 5.41) is 15.7. The average molecular weight is 374 g/mol. The minimum atomic E-state index is -0.144. The molecule has 1 aliphatic heterocycles. The first kappa shape index (κ1) is 17.5. The van der Waals surface area contributed by atoms with E-state index in [0.717, 1.165) is 50.0 Å². The summed E-state index contributed by atoms with van der Waals surface area (Å²) in [5.41, 5.74) is 2.37. The molecule has 0 bridgehead atoms. The van der Waals surface area contributed by atoms with Gasteiger partial charge in [-0.2, -0.15) is 0 Å². The fourth-order valence-electron chi connectivity index (χ4n) is 3.73. The van der Waals surface area contributed by atoms with Crippen molar-refractivity contribution >= 4 is 17.5 Å². The average Bonchev–Trinajstić information content (AvgIpc) is 3.43. The van der Waals surface area contributed by atoms with Gasteiger partial charge in [-0.3, -0.25) is 4.79 Å². The second-order valence-electron chi connectivity index (χ2n) is 7.29. The zero-order valence-electron chi connectivity index (χ0n) is 14.9. The number of rotatable bonds is 5. The number of hydrogen-bond acceptors (Lipinski definition) is 4. The minimum Gasteiger partial charge on any atom is -0.343 e. The summed E-state index contributed by atoms with van der Waals surface area (Å²) >= 11 is 6.00. The van der Waals surface area contributed by atoms with Crippen molar-refractivity contribution in [2.24, 2.45) is 5.92 Å². The number of hydrogen-bond donors (Lipinski definition) is 2. The summed E-state index contributed by atoms with van der Waals surface area (Å²) in [4.78, 5) is 12.9. The van der Waals surface area contributed by atoms with Gasteiger partial charge in [-0.15, -0.1) is 5.10 Å². The third-order valence-corrected chi connectivity index (χ3v) is 5.66. The van der Waals surface area contributed by atoms with Gasteiger partial charge in [0.2, 0.25) is 0 Å². The molecule has 1 amide bonds. The van der Waals surface area contributed by atoms with Gasteiger partial charge in [0.05, 0.1) is 17.8 Å². The number of amides is 1. The van der Waals surface area contributed by atoms with Gasteiger partial charge in [0, 0.05) is 5.02 Å². The van der Waals surface area contributed by atoms with Crippen molar-refractivity contribution in [1.29, 1.82) is 0 Å². The topological polar surface area (TPSA) is 71.8 Å². The van der Waals surface area contributed by atoms with Gasteiger partial charge >= 0.3 is 0 Å². The zero-order chi connectivity index (χ0) is 18.1. The molecule has 2 aromatic rings. The molecule has 2 fully saturated rings. The number of carbonyl (C=O) groups excluding carboxylic acids is 1. The lowest BCUT2D eigenvalue weighted by Crippen LogP contribution is -2.31. The second kappa shape index (κ2) is 7.37. The van der Waals surface area contributed by atoms with Crippen molar-refractivity contribution in [3.63, 3.8) is 0 Å². The molecular formula is C19H24ClN5O. The van der Waals surface area contributed by atoms with Crippen molar-refractivity contribution < 1.29 is 4.79 Å². The Morgan fingerprint density at radius 1 is 1.23 bits per heavy atom. The van der Waals surface area contributed by atoms with Crippen LogP contribution in [-0.4, -0.2) is 34.0 Å². The fraction of sp³-hybridized carbons (Fsp3) is 0.526. The van der Waals surface area contributed by atoms with Crippen molar-refractivity contribution in [3.8, 4) is 0 Å². The molecule has 2 heterocycles. The molecule has 7 heteroatoms. The Bertz CT molecular complexity index is 778. The third kappa shape index (κ3) is 3.62. The molecule has 1 saturated carbocycles. The smallest absolute Gasteiger partial charge is 0.274 e. The number of aromatic nitrogens is 3. The van der Waals surface area contributed by atoms with Crippen LogP contribution in [0.4, 0.5) is 0 Å². The van der Waals surface area contributed by atoms with Crippen molar-refractivity contribution in [3.05, 3.63) is 46.2 Å². The molecule has 6 nitrogen and oxygen atoms in total. The number of carbonyl (C=O) groups is 1. The summed E-state index contributed by atoms with van der Waals surface area (Å²) in [6.45, 7) is 3.89. The van der Waals surface area contributed by atoms with E-state index in [1.807, 2.05) is 35.9 Å². The lowest BCUT2D eigenvalue weighted by Gasteiger charge is -2.23. The van der Waals surface area contributed by atoms with Crippen LogP contribution in [-0.2, 0) is 0 Å². The Balaban J connectivity index is 1.51. The van der Waals surface area contributed by atoms with Crippen LogP contribution in [0.2, 0.25) is 5.02 Å². The maximum atomic E-state index is 12.9. The summed E-state index contributed by atoms with van der Waals surface area (Å²) in [6, 6.07) is 8.05. The highest BCUT2D eigenvalue weighted by atomic mass is 35.5. The summed E-state index contributed by atoms with van der Waals surface area (Å²) in [7, 11) is 0. The van der Waals surface area contributed by atoms with Crippen molar-refractivity contribution in [2.75, 3.05) is 13.1 Å². The molecule has 2 N–H and O–H groups in total. The molecule has 26 heavy (non-hydrogen) atoms. The van der Waals surface area contributed by atoms with Gasteiger partial charge in [0.1, 0.15) is 0 Å². The first-order valence-corrected chi connectivity index (χ1v) is 9.70. The third-order valence-electron chi connectivity index (χ3n) is 5.41. The Morgan fingerprint density at radius 3 is 2.58 bits per heavy atom. The standard InChI is InChI=1S/C19H24ClN5O/c1-12-17(23-24-25(12)16-8-10-21-11-9-16)19(26)22-18(13-2-3-13)14-4-6-15(20)7-5-14/h4-7,13,16,18,21H,2-3,8-11H2,1H3,(H,22,26). The van der Waals surface area contributed by atoms with Crippen molar-refractivity contribution in [2.45, 2.75) is 44.7 Å². The number of halogens is 1. The predicted octanol–water partition coefficient (Wildman–Crippen LogP) is 3.05. The molecule has 1 saturated heterocycles. The van der Waals surface area contributed by atoms with Gasteiger partial charge in [-0.05, 0) is 69.3 Å². The lowest BCUT2D eigenvalue weighted by molar-refractivity contribution is 0.0926. The maximum absolute atomic E-state index is 12.9. The monoisotopic (exact) mass is 373 g/mol. The summed E-state index contributed by atoms with van der Waals surface area (Å²) in [5.74, 6) is 0.342. The zero-order valence-corrected chi connectivity index (χ0v) is 15.7. The number of nitrogens with zero attached hydrogens (tertiary/aromatic N) is 3. The van der Waals surface area contributed by atoms with Crippen LogP contribution in [0, 0.1) is 12.8 Å². The molecule has 1 atom stereocenters. The van der Waals surface area contributed by atoms with Crippen LogP contribution >= 0.6 is 11.6 Å². The second-order valence-corrected chi connectivity index (χ2v) is 7.73. The van der Waals surface area contributed by atoms with Gasteiger partial charge in [0.25, 0.3) is 5.91 Å². The highest BCUT2D eigenvalue weighted by Crippen LogP contribution is 2.41. The quantitative estimate of drug-likeness (QED) is 0.845. The number of nitrogens with one attached hydrogen (secondary N) is 2. The van der Waals surface area contributed by atoms with Gasteiger partial charge in [-0.25, -0.2) is 4.68 Å². The van der Waals surface area contributed by atoms with Gasteiger partial charge < -0.3 is 10.6 Å². The number of piperidine rings is 1. The largest absolute Gasteiger partial charge is 0.343 e. The van der Waals surface area contributed by atoms with Crippen LogP contribution < -0.4 is 10.6 Å². The molecular weight excluding hydrogens is 350 g/mol. The molecule has 1 aliphatic carbocycles. The first-order chi connectivity index (χ1) is 12.6. The highest BCUT2D eigenvalue weighted by Gasteiger charge is 2.34. The van der Waals surface area contributed by atoms with E-state index in [0.29, 0.717) is 22.7 Å². The molecule has 4 rings (SSSR count). The normalized spacial score (nSPS) is 19.3. The molecule has 138 valence electrons. The SMILES string of the molecule is Cc1c(C(=O)NC(c2ccc(Cl)cc2)C2CC2)nnn1C1CCNCC1. The van der Waals surface area contributed by atoms with E-state index in [9.17, 15) is 4.79 Å². The van der Waals surface area contributed by atoms with Crippen LogP contribution in [0.15, 0.2) is 24.3 Å². The predicted molar refractivity (Wildman–Crippen MR) is 100 cm³/mol. The fourth-order valence-corrected chi connectivity index (χ4v) is 3.86. The Kier molecular flexibility index (Phi) is 4.96. The van der Waals surface area contributed by atoms with Crippen LogP contribution in [0.5, 0.6) is 0 Å². The number of benzene rings is 1. The van der Waals surface area contributed by atoms with Crippen LogP contribution in [0.1, 0.15) is 59.5 Å². The molecule has 0 spiro atoms. The summed E-state index contributed by atoms with van der Waals surface area (Å²) < 4.78 is 1.92. The Morgan fingerprint density at radius 2 is 1.92 bits per heavy atom. The molecule has 2 aliphatic rings. The van der Waals surface area contributed by atoms with E-state index in [1.54, 1.807) is 0 Å². The van der Waals surface area contributed by atoms with Crippen LogP contribution in [0.25, 0.3) is 0 Å². The first-order valence-electron chi connectivity index (χ1n) is 9.32. The van der Waals surface area contributed by atoms with E-state index < -0.39 is 0 Å². The van der Waals surface area contributed by atoms with Gasteiger partial charge in [0.15, 0.2) is 5.69 Å². The van der Waals surface area contributed by atoms with E-state index in [1.165, 1.54) is 0 Å². The van der Waals surface area contributed by atoms with E-state index in [4.69, 9.17) is 11.6 Å².